The van der Waals surface area contributed by atoms with E-state index in [0.29, 0.717) is 18.4 Å². The van der Waals surface area contributed by atoms with Gasteiger partial charge in [-0.25, -0.2) is 9.59 Å². The minimum atomic E-state index is -0.838. The molecule has 0 heterocycles. The fourth-order valence-corrected chi connectivity index (χ4v) is 2.02. The summed E-state index contributed by atoms with van der Waals surface area (Å²) >= 11 is 0. The molecule has 6 heteroatoms. The molecular weight excluding hydrogens is 240 g/mol. The number of esters is 2. The Morgan fingerprint density at radius 3 is 2.11 bits per heavy atom. The first kappa shape index (κ1) is 14.9. The third kappa shape index (κ3) is 5.46. The molecule has 1 rings (SSSR count). The Bertz CT molecular complexity index is 270. The van der Waals surface area contributed by atoms with Gasteiger partial charge in [-0.05, 0) is 37.5 Å². The highest BCUT2D eigenvalue weighted by Crippen LogP contribution is 2.28. The molecule has 18 heavy (non-hydrogen) atoms. The van der Waals surface area contributed by atoms with Crippen molar-refractivity contribution in [2.45, 2.75) is 25.7 Å². The van der Waals surface area contributed by atoms with Gasteiger partial charge < -0.3 is 19.7 Å². The largest absolute Gasteiger partial charge is 0.463 e. The van der Waals surface area contributed by atoms with Crippen molar-refractivity contribution < 1.29 is 29.3 Å². The molecule has 1 aliphatic carbocycles. The molecule has 0 atom stereocenters. The van der Waals surface area contributed by atoms with Crippen LogP contribution in [0, 0.1) is 11.8 Å². The third-order valence-corrected chi connectivity index (χ3v) is 3.18. The molecule has 1 saturated carbocycles. The second-order valence-electron chi connectivity index (χ2n) is 4.57. The summed E-state index contributed by atoms with van der Waals surface area (Å²) in [7, 11) is 0. The minimum absolute atomic E-state index is 0.226. The molecule has 1 fully saturated rings. The fraction of sp³-hybridized carbons (Fsp3) is 0.833. The van der Waals surface area contributed by atoms with E-state index in [-0.39, 0.29) is 6.61 Å². The van der Waals surface area contributed by atoms with Crippen molar-refractivity contribution in [2.75, 3.05) is 26.4 Å². The zero-order valence-electron chi connectivity index (χ0n) is 10.3. The molecule has 0 aromatic carbocycles. The quantitative estimate of drug-likeness (QED) is 0.646. The topological polar surface area (TPSA) is 93.1 Å². The monoisotopic (exact) mass is 260 g/mol. The molecule has 0 aromatic rings. The fourth-order valence-electron chi connectivity index (χ4n) is 2.02. The molecule has 1 aliphatic rings. The van der Waals surface area contributed by atoms with E-state index in [2.05, 4.69) is 4.74 Å². The van der Waals surface area contributed by atoms with Gasteiger partial charge in [0.15, 0.2) is 6.61 Å². The molecule has 104 valence electrons. The molecule has 6 nitrogen and oxygen atoms in total. The molecule has 2 N–H and O–H groups in total. The summed E-state index contributed by atoms with van der Waals surface area (Å²) < 4.78 is 9.42. The Balaban J connectivity index is 2.10. The Morgan fingerprint density at radius 2 is 1.56 bits per heavy atom. The molecule has 0 radical (unpaired) electrons. The maximum Gasteiger partial charge on any atom is 0.344 e. The van der Waals surface area contributed by atoms with Gasteiger partial charge in [-0.2, -0.15) is 0 Å². The van der Waals surface area contributed by atoms with Crippen LogP contribution in [0.2, 0.25) is 0 Å². The van der Waals surface area contributed by atoms with Crippen LogP contribution in [0.1, 0.15) is 25.7 Å². The van der Waals surface area contributed by atoms with Gasteiger partial charge in [0, 0.05) is 6.61 Å². The van der Waals surface area contributed by atoms with Crippen LogP contribution in [0.3, 0.4) is 0 Å². The number of ether oxygens (including phenoxy) is 2. The van der Waals surface area contributed by atoms with Crippen molar-refractivity contribution in [1.82, 2.24) is 0 Å². The number of aliphatic hydroxyl groups excluding tert-OH is 2. The highest BCUT2D eigenvalue weighted by molar-refractivity contribution is 5.76. The highest BCUT2D eigenvalue weighted by atomic mass is 16.6. The Hall–Kier alpha value is -1.14. The van der Waals surface area contributed by atoms with Crippen LogP contribution in [0.4, 0.5) is 0 Å². The van der Waals surface area contributed by atoms with E-state index in [4.69, 9.17) is 14.9 Å². The van der Waals surface area contributed by atoms with Crippen LogP contribution in [0.5, 0.6) is 0 Å². The van der Waals surface area contributed by atoms with Crippen LogP contribution >= 0.6 is 0 Å². The van der Waals surface area contributed by atoms with Crippen molar-refractivity contribution >= 4 is 11.9 Å². The number of rotatable bonds is 6. The Morgan fingerprint density at radius 1 is 0.944 bits per heavy atom. The van der Waals surface area contributed by atoms with Crippen LogP contribution in [-0.4, -0.2) is 48.6 Å². The van der Waals surface area contributed by atoms with Crippen LogP contribution in [0.25, 0.3) is 0 Å². The summed E-state index contributed by atoms with van der Waals surface area (Å²) in [5, 5.41) is 17.4. The van der Waals surface area contributed by atoms with Gasteiger partial charge in [0.2, 0.25) is 0 Å². The molecule has 0 amide bonds. The van der Waals surface area contributed by atoms with E-state index in [9.17, 15) is 9.59 Å². The van der Waals surface area contributed by atoms with Crippen molar-refractivity contribution in [3.8, 4) is 0 Å². The molecule has 0 unspecified atom stereocenters. The first-order chi connectivity index (χ1) is 8.65. The standard InChI is InChI=1S/C12H20O6/c13-5-9-1-3-10(4-2-9)7-17-12(16)8-18-11(15)6-14/h9-10,13-14H,1-8H2. The second-order valence-corrected chi connectivity index (χ2v) is 4.57. The lowest BCUT2D eigenvalue weighted by atomic mass is 9.83. The van der Waals surface area contributed by atoms with Crippen molar-refractivity contribution in [2.24, 2.45) is 11.8 Å². The molecule has 0 bridgehead atoms. The van der Waals surface area contributed by atoms with E-state index < -0.39 is 25.2 Å². The SMILES string of the molecule is O=C(CO)OCC(=O)OCC1CCC(CO)CC1. The number of hydrogen-bond donors (Lipinski definition) is 2. The number of hydrogen-bond acceptors (Lipinski definition) is 6. The second kappa shape index (κ2) is 8.05. The van der Waals surface area contributed by atoms with Crippen molar-refractivity contribution in [1.29, 1.82) is 0 Å². The maximum absolute atomic E-state index is 11.2. The minimum Gasteiger partial charge on any atom is -0.463 e. The third-order valence-electron chi connectivity index (χ3n) is 3.18. The first-order valence-electron chi connectivity index (χ1n) is 6.18. The van der Waals surface area contributed by atoms with Gasteiger partial charge >= 0.3 is 11.9 Å². The normalized spacial score (nSPS) is 23.4. The molecule has 0 saturated heterocycles. The number of carbonyl (C=O) groups excluding carboxylic acids is 2. The summed E-state index contributed by atoms with van der Waals surface area (Å²) in [5.74, 6) is -0.732. The van der Waals surface area contributed by atoms with Crippen LogP contribution in [0.15, 0.2) is 0 Å². The van der Waals surface area contributed by atoms with Gasteiger partial charge in [0.05, 0.1) is 6.61 Å². The predicted molar refractivity (Wildman–Crippen MR) is 61.5 cm³/mol. The van der Waals surface area contributed by atoms with Crippen LogP contribution in [-0.2, 0) is 19.1 Å². The van der Waals surface area contributed by atoms with Crippen molar-refractivity contribution in [3.05, 3.63) is 0 Å². The van der Waals surface area contributed by atoms with Crippen molar-refractivity contribution in [3.63, 3.8) is 0 Å². The van der Waals surface area contributed by atoms with E-state index in [1.54, 1.807) is 0 Å². The number of carbonyl (C=O) groups is 2. The lowest BCUT2D eigenvalue weighted by molar-refractivity contribution is -0.161. The maximum atomic E-state index is 11.2. The summed E-state index contributed by atoms with van der Waals surface area (Å²) in [6, 6.07) is 0. The zero-order valence-corrected chi connectivity index (χ0v) is 10.3. The first-order valence-corrected chi connectivity index (χ1v) is 6.18. The smallest absolute Gasteiger partial charge is 0.344 e. The summed E-state index contributed by atoms with van der Waals surface area (Å²) in [6.07, 6.45) is 3.79. The van der Waals surface area contributed by atoms with Gasteiger partial charge in [-0.1, -0.05) is 0 Å². The van der Waals surface area contributed by atoms with E-state index in [1.807, 2.05) is 0 Å². The highest BCUT2D eigenvalue weighted by Gasteiger charge is 2.21. The van der Waals surface area contributed by atoms with Gasteiger partial charge in [-0.15, -0.1) is 0 Å². The number of aliphatic hydroxyl groups is 2. The van der Waals surface area contributed by atoms with Gasteiger partial charge in [0.1, 0.15) is 6.61 Å². The molecule has 0 aliphatic heterocycles. The van der Waals surface area contributed by atoms with E-state index in [0.717, 1.165) is 25.7 Å². The summed E-state index contributed by atoms with van der Waals surface area (Å²) in [4.78, 5) is 21.8. The van der Waals surface area contributed by atoms with E-state index >= 15 is 0 Å². The van der Waals surface area contributed by atoms with Gasteiger partial charge in [0.25, 0.3) is 0 Å². The molecule has 0 spiro atoms. The summed E-state index contributed by atoms with van der Waals surface area (Å²) in [6.45, 7) is -0.638. The molecular formula is C12H20O6. The Labute approximate surface area is 106 Å². The Kier molecular flexibility index (Phi) is 6.67. The van der Waals surface area contributed by atoms with E-state index in [1.165, 1.54) is 0 Å². The predicted octanol–water partition coefficient (Wildman–Crippen LogP) is -0.136. The molecule has 0 aromatic heterocycles. The average Bonchev–Trinajstić information content (AvgIpc) is 2.42. The summed E-state index contributed by atoms with van der Waals surface area (Å²) in [5.41, 5.74) is 0. The average molecular weight is 260 g/mol. The van der Waals surface area contributed by atoms with Gasteiger partial charge in [-0.3, -0.25) is 0 Å². The lowest BCUT2D eigenvalue weighted by Crippen LogP contribution is -2.24. The lowest BCUT2D eigenvalue weighted by Gasteiger charge is -2.26. The van der Waals surface area contributed by atoms with Crippen LogP contribution < -0.4 is 0 Å². The zero-order chi connectivity index (χ0) is 13.4.